The Morgan fingerprint density at radius 1 is 1.33 bits per heavy atom. The van der Waals surface area contributed by atoms with Crippen molar-refractivity contribution in [2.45, 2.75) is 32.7 Å². The van der Waals surface area contributed by atoms with Gasteiger partial charge in [-0.1, -0.05) is 6.07 Å². The Hall–Kier alpha value is -2.68. The number of likely N-dealkylation sites (tertiary alicyclic amines) is 1. The van der Waals surface area contributed by atoms with Gasteiger partial charge in [0.1, 0.15) is 12.4 Å². The molecule has 4 rings (SSSR count). The lowest BCUT2D eigenvalue weighted by molar-refractivity contribution is 0.458. The fourth-order valence-electron chi connectivity index (χ4n) is 3.86. The Morgan fingerprint density at radius 2 is 2.23 bits per heavy atom. The van der Waals surface area contributed by atoms with Gasteiger partial charge in [-0.2, -0.15) is 5.10 Å². The maximum atomic E-state index is 4.91. The van der Waals surface area contributed by atoms with Crippen molar-refractivity contribution >= 4 is 17.3 Å². The van der Waals surface area contributed by atoms with Gasteiger partial charge < -0.3 is 14.8 Å². The molecule has 30 heavy (non-hydrogen) atoms. The van der Waals surface area contributed by atoms with E-state index >= 15 is 0 Å². The first-order valence-electron chi connectivity index (χ1n) is 10.5. The fraction of sp³-hybridized carbons (Fsp3) is 0.524. The summed E-state index contributed by atoms with van der Waals surface area (Å²) in [6.07, 6.45) is 7.34. The van der Waals surface area contributed by atoms with E-state index in [9.17, 15) is 0 Å². The van der Waals surface area contributed by atoms with Gasteiger partial charge in [0, 0.05) is 44.8 Å². The van der Waals surface area contributed by atoms with Gasteiger partial charge >= 0.3 is 0 Å². The highest BCUT2D eigenvalue weighted by Gasteiger charge is 2.25. The first-order valence-corrected chi connectivity index (χ1v) is 11.3. The van der Waals surface area contributed by atoms with E-state index in [0.29, 0.717) is 12.5 Å². The summed E-state index contributed by atoms with van der Waals surface area (Å²) in [6.45, 7) is 5.40. The molecule has 0 bridgehead atoms. The van der Waals surface area contributed by atoms with Gasteiger partial charge in [-0.05, 0) is 49.1 Å². The van der Waals surface area contributed by atoms with E-state index in [-0.39, 0.29) is 0 Å². The number of nitrogens with zero attached hydrogens (tertiary/aromatic N) is 7. The van der Waals surface area contributed by atoms with Gasteiger partial charge in [-0.25, -0.2) is 4.99 Å². The standard InChI is InChI=1S/C21H30N8S/c1-16-25-26-20(28(16)3)13-23-21(22-8-6-19-5-4-10-30-19)29-9-7-17(15-29)11-18-12-24-27(2)14-18/h4-5,10,12,14,17H,6-9,11,13,15H2,1-3H3,(H,22,23). The third kappa shape index (κ3) is 5.08. The predicted molar refractivity (Wildman–Crippen MR) is 119 cm³/mol. The largest absolute Gasteiger partial charge is 0.356 e. The molecule has 160 valence electrons. The van der Waals surface area contributed by atoms with Gasteiger partial charge in [0.25, 0.3) is 0 Å². The molecular weight excluding hydrogens is 396 g/mol. The molecule has 4 heterocycles. The molecule has 9 heteroatoms. The molecule has 1 saturated heterocycles. The van der Waals surface area contributed by atoms with Crippen LogP contribution in [0, 0.1) is 12.8 Å². The summed E-state index contributed by atoms with van der Waals surface area (Å²) in [5, 5.41) is 18.4. The monoisotopic (exact) mass is 426 g/mol. The lowest BCUT2D eigenvalue weighted by atomic mass is 10.0. The van der Waals surface area contributed by atoms with Crippen molar-refractivity contribution < 1.29 is 0 Å². The quantitative estimate of drug-likeness (QED) is 0.463. The van der Waals surface area contributed by atoms with Crippen LogP contribution in [0.15, 0.2) is 34.9 Å². The van der Waals surface area contributed by atoms with Gasteiger partial charge in [-0.3, -0.25) is 4.68 Å². The maximum absolute atomic E-state index is 4.91. The van der Waals surface area contributed by atoms with Crippen molar-refractivity contribution in [1.82, 2.24) is 34.8 Å². The minimum atomic E-state index is 0.530. The molecule has 1 fully saturated rings. The van der Waals surface area contributed by atoms with Crippen LogP contribution >= 0.6 is 11.3 Å². The van der Waals surface area contributed by atoms with Crippen LogP contribution in [-0.4, -0.2) is 55.0 Å². The molecule has 0 radical (unpaired) electrons. The summed E-state index contributed by atoms with van der Waals surface area (Å²) < 4.78 is 3.88. The number of hydrogen-bond donors (Lipinski definition) is 1. The number of thiophene rings is 1. The van der Waals surface area contributed by atoms with Crippen LogP contribution < -0.4 is 5.32 Å². The van der Waals surface area contributed by atoms with Gasteiger partial charge in [-0.15, -0.1) is 21.5 Å². The number of aryl methyl sites for hydroxylation is 2. The summed E-state index contributed by atoms with van der Waals surface area (Å²) >= 11 is 1.80. The Balaban J connectivity index is 1.40. The molecule has 0 amide bonds. The maximum Gasteiger partial charge on any atom is 0.194 e. The first-order chi connectivity index (χ1) is 14.6. The van der Waals surface area contributed by atoms with Crippen molar-refractivity contribution in [3.8, 4) is 0 Å². The second-order valence-corrected chi connectivity index (χ2v) is 8.98. The fourth-order valence-corrected chi connectivity index (χ4v) is 4.57. The van der Waals surface area contributed by atoms with Crippen molar-refractivity contribution in [3.63, 3.8) is 0 Å². The molecule has 3 aromatic heterocycles. The summed E-state index contributed by atoms with van der Waals surface area (Å²) in [4.78, 5) is 8.69. The average molecular weight is 427 g/mol. The number of aromatic nitrogens is 5. The van der Waals surface area contributed by atoms with E-state index in [2.05, 4.69) is 49.2 Å². The summed E-state index contributed by atoms with van der Waals surface area (Å²) in [7, 11) is 3.96. The second kappa shape index (κ2) is 9.42. The summed E-state index contributed by atoms with van der Waals surface area (Å²) in [5.74, 6) is 3.39. The molecule has 1 aliphatic rings. The molecule has 0 aliphatic carbocycles. The van der Waals surface area contributed by atoms with Crippen LogP contribution in [0.25, 0.3) is 0 Å². The van der Waals surface area contributed by atoms with Crippen LogP contribution in [0.2, 0.25) is 0 Å². The highest BCUT2D eigenvalue weighted by Crippen LogP contribution is 2.21. The highest BCUT2D eigenvalue weighted by molar-refractivity contribution is 7.09. The van der Waals surface area contributed by atoms with Crippen LogP contribution in [0.1, 0.15) is 28.5 Å². The Bertz CT molecular complexity index is 971. The SMILES string of the molecule is Cc1nnc(CN=C(NCCc2cccs2)N2CCC(Cc3cnn(C)c3)C2)n1C. The molecular formula is C21H30N8S. The van der Waals surface area contributed by atoms with Crippen molar-refractivity contribution in [1.29, 1.82) is 0 Å². The van der Waals surface area contributed by atoms with E-state index in [1.807, 2.05) is 36.5 Å². The number of aliphatic imine (C=N–C) groups is 1. The zero-order valence-corrected chi connectivity index (χ0v) is 18.8. The van der Waals surface area contributed by atoms with E-state index < -0.39 is 0 Å². The lowest BCUT2D eigenvalue weighted by Gasteiger charge is -2.22. The zero-order valence-electron chi connectivity index (χ0n) is 18.0. The van der Waals surface area contributed by atoms with Crippen molar-refractivity contribution in [2.75, 3.05) is 19.6 Å². The number of rotatable bonds is 7. The number of nitrogens with one attached hydrogen (secondary N) is 1. The van der Waals surface area contributed by atoms with Gasteiger partial charge in [0.15, 0.2) is 11.8 Å². The predicted octanol–water partition coefficient (Wildman–Crippen LogP) is 2.17. The average Bonchev–Trinajstić information content (AvgIpc) is 3.52. The third-order valence-corrected chi connectivity index (χ3v) is 6.59. The minimum Gasteiger partial charge on any atom is -0.356 e. The molecule has 1 atom stereocenters. The molecule has 8 nitrogen and oxygen atoms in total. The molecule has 0 aromatic carbocycles. The molecule has 3 aromatic rings. The van der Waals surface area contributed by atoms with Crippen LogP contribution in [0.5, 0.6) is 0 Å². The van der Waals surface area contributed by atoms with E-state index in [0.717, 1.165) is 50.1 Å². The van der Waals surface area contributed by atoms with Crippen LogP contribution in [0.3, 0.4) is 0 Å². The second-order valence-electron chi connectivity index (χ2n) is 7.95. The molecule has 1 unspecified atom stereocenters. The molecule has 0 saturated carbocycles. The summed E-state index contributed by atoms with van der Waals surface area (Å²) in [6, 6.07) is 4.29. The van der Waals surface area contributed by atoms with Crippen LogP contribution in [0.4, 0.5) is 0 Å². The van der Waals surface area contributed by atoms with E-state index in [4.69, 9.17) is 4.99 Å². The molecule has 0 spiro atoms. The minimum absolute atomic E-state index is 0.530. The summed E-state index contributed by atoms with van der Waals surface area (Å²) in [5.41, 5.74) is 1.31. The normalized spacial score (nSPS) is 17.1. The highest BCUT2D eigenvalue weighted by atomic mass is 32.1. The smallest absolute Gasteiger partial charge is 0.194 e. The van der Waals surface area contributed by atoms with Crippen molar-refractivity contribution in [2.24, 2.45) is 25.0 Å². The molecule has 1 aliphatic heterocycles. The van der Waals surface area contributed by atoms with E-state index in [1.54, 1.807) is 11.3 Å². The van der Waals surface area contributed by atoms with Crippen molar-refractivity contribution in [3.05, 3.63) is 52.0 Å². The Labute approximate surface area is 181 Å². The van der Waals surface area contributed by atoms with E-state index in [1.165, 1.54) is 16.9 Å². The number of hydrogen-bond acceptors (Lipinski definition) is 5. The molecule has 1 N–H and O–H groups in total. The zero-order chi connectivity index (χ0) is 20.9. The van der Waals surface area contributed by atoms with Gasteiger partial charge in [0.05, 0.1) is 6.20 Å². The first kappa shape index (κ1) is 20.6. The third-order valence-electron chi connectivity index (χ3n) is 5.66. The topological polar surface area (TPSA) is 76.2 Å². The lowest BCUT2D eigenvalue weighted by Crippen LogP contribution is -2.41. The Kier molecular flexibility index (Phi) is 6.47. The Morgan fingerprint density at radius 3 is 2.93 bits per heavy atom. The van der Waals surface area contributed by atoms with Gasteiger partial charge in [0.2, 0.25) is 0 Å². The number of guanidine groups is 1. The van der Waals surface area contributed by atoms with Crippen LogP contribution in [-0.2, 0) is 33.5 Å².